The van der Waals surface area contributed by atoms with Gasteiger partial charge in [0.2, 0.25) is 0 Å². The Hall–Kier alpha value is -0.930. The van der Waals surface area contributed by atoms with Crippen LogP contribution in [0.5, 0.6) is 0 Å². The van der Waals surface area contributed by atoms with E-state index in [1.165, 1.54) is 35.4 Å². The van der Waals surface area contributed by atoms with E-state index in [4.69, 9.17) is 10.7 Å². The molecule has 2 atom stereocenters. The van der Waals surface area contributed by atoms with Gasteiger partial charge in [0.1, 0.15) is 0 Å². The number of nitrogens with two attached hydrogens (primary N) is 1. The molecule has 0 aliphatic heterocycles. The standard InChI is InChI=1S/C17H24N2S/c1-2-13-6-5-10-17(18,11-9-13)12-16-19-14-7-3-4-8-15(14)20-16/h3-4,7-8,13H,2,5-6,9-12,18H2,1H3. The topological polar surface area (TPSA) is 38.9 Å². The number of benzene rings is 1. The first-order chi connectivity index (χ1) is 9.68. The van der Waals surface area contributed by atoms with E-state index in [0.29, 0.717) is 0 Å². The maximum atomic E-state index is 6.70. The van der Waals surface area contributed by atoms with Crippen LogP contribution in [0.25, 0.3) is 10.2 Å². The number of fused-ring (bicyclic) bond motifs is 1. The minimum atomic E-state index is -0.0300. The minimum Gasteiger partial charge on any atom is -0.325 e. The van der Waals surface area contributed by atoms with Crippen LogP contribution < -0.4 is 5.73 Å². The third-order valence-electron chi connectivity index (χ3n) is 4.76. The Morgan fingerprint density at radius 2 is 2.15 bits per heavy atom. The lowest BCUT2D eigenvalue weighted by molar-refractivity contribution is 0.358. The van der Waals surface area contributed by atoms with Crippen LogP contribution in [0.4, 0.5) is 0 Å². The van der Waals surface area contributed by atoms with Crippen LogP contribution in [0, 0.1) is 5.92 Å². The average molecular weight is 288 g/mol. The number of aromatic nitrogens is 1. The number of hydrogen-bond donors (Lipinski definition) is 1. The molecule has 0 amide bonds. The summed E-state index contributed by atoms with van der Waals surface area (Å²) in [6, 6.07) is 8.39. The molecule has 1 aromatic carbocycles. The molecule has 2 N–H and O–H groups in total. The molecule has 1 fully saturated rings. The molecule has 1 heterocycles. The molecule has 0 bridgehead atoms. The summed E-state index contributed by atoms with van der Waals surface area (Å²) in [6.45, 7) is 2.31. The van der Waals surface area contributed by atoms with Gasteiger partial charge in [-0.2, -0.15) is 0 Å². The normalized spacial score (nSPS) is 27.6. The van der Waals surface area contributed by atoms with E-state index in [-0.39, 0.29) is 5.54 Å². The van der Waals surface area contributed by atoms with Crippen molar-refractivity contribution in [2.24, 2.45) is 11.7 Å². The summed E-state index contributed by atoms with van der Waals surface area (Å²) < 4.78 is 1.28. The maximum Gasteiger partial charge on any atom is 0.0956 e. The van der Waals surface area contributed by atoms with Gasteiger partial charge in [0.05, 0.1) is 15.2 Å². The van der Waals surface area contributed by atoms with Crippen molar-refractivity contribution in [3.8, 4) is 0 Å². The van der Waals surface area contributed by atoms with Gasteiger partial charge in [0, 0.05) is 12.0 Å². The van der Waals surface area contributed by atoms with Crippen LogP contribution in [0.15, 0.2) is 24.3 Å². The largest absolute Gasteiger partial charge is 0.325 e. The fourth-order valence-electron chi connectivity index (χ4n) is 3.39. The predicted octanol–water partition coefficient (Wildman–Crippen LogP) is 4.53. The smallest absolute Gasteiger partial charge is 0.0956 e. The van der Waals surface area contributed by atoms with Crippen molar-refractivity contribution >= 4 is 21.6 Å². The molecular weight excluding hydrogens is 264 g/mol. The number of nitrogens with zero attached hydrogens (tertiary/aromatic N) is 1. The number of rotatable bonds is 3. The van der Waals surface area contributed by atoms with Gasteiger partial charge in [-0.05, 0) is 37.3 Å². The van der Waals surface area contributed by atoms with Crippen molar-refractivity contribution in [3.63, 3.8) is 0 Å². The summed E-state index contributed by atoms with van der Waals surface area (Å²) in [7, 11) is 0. The molecule has 3 rings (SSSR count). The number of hydrogen-bond acceptors (Lipinski definition) is 3. The SMILES string of the molecule is CCC1CCCC(N)(Cc2nc3ccccc3s2)CC1. The van der Waals surface area contributed by atoms with Gasteiger partial charge in [0.15, 0.2) is 0 Å². The predicted molar refractivity (Wildman–Crippen MR) is 87.1 cm³/mol. The molecule has 1 aliphatic carbocycles. The molecule has 0 saturated heterocycles. The number of thiazole rings is 1. The van der Waals surface area contributed by atoms with E-state index < -0.39 is 0 Å². The zero-order chi connectivity index (χ0) is 14.0. The molecule has 3 heteroatoms. The van der Waals surface area contributed by atoms with Crippen molar-refractivity contribution in [1.29, 1.82) is 0 Å². The number of para-hydroxylation sites is 1. The fraction of sp³-hybridized carbons (Fsp3) is 0.588. The second kappa shape index (κ2) is 5.82. The maximum absolute atomic E-state index is 6.70. The van der Waals surface area contributed by atoms with Crippen molar-refractivity contribution in [2.75, 3.05) is 0 Å². The van der Waals surface area contributed by atoms with Crippen molar-refractivity contribution < 1.29 is 0 Å². The molecule has 1 saturated carbocycles. The third kappa shape index (κ3) is 3.04. The summed E-state index contributed by atoms with van der Waals surface area (Å²) in [6.07, 6.45) is 8.48. The van der Waals surface area contributed by atoms with Gasteiger partial charge >= 0.3 is 0 Å². The summed E-state index contributed by atoms with van der Waals surface area (Å²) >= 11 is 1.81. The molecular formula is C17H24N2S. The summed E-state index contributed by atoms with van der Waals surface area (Å²) in [5.41, 5.74) is 7.79. The Bertz CT molecular complexity index is 544. The Morgan fingerprint density at radius 1 is 1.30 bits per heavy atom. The Kier molecular flexibility index (Phi) is 4.08. The highest BCUT2D eigenvalue weighted by Crippen LogP contribution is 2.34. The van der Waals surface area contributed by atoms with E-state index in [1.54, 1.807) is 0 Å². The Morgan fingerprint density at radius 3 is 2.95 bits per heavy atom. The molecule has 1 aromatic heterocycles. The van der Waals surface area contributed by atoms with E-state index in [0.717, 1.165) is 30.7 Å². The van der Waals surface area contributed by atoms with Crippen LogP contribution in [0.1, 0.15) is 50.5 Å². The molecule has 108 valence electrons. The summed E-state index contributed by atoms with van der Waals surface area (Å²) in [5, 5.41) is 1.21. The van der Waals surface area contributed by atoms with E-state index in [2.05, 4.69) is 31.2 Å². The lowest BCUT2D eigenvalue weighted by Gasteiger charge is -2.27. The van der Waals surface area contributed by atoms with Crippen LogP contribution in [0.3, 0.4) is 0 Å². The fourth-order valence-corrected chi connectivity index (χ4v) is 4.51. The van der Waals surface area contributed by atoms with Crippen molar-refractivity contribution in [2.45, 2.75) is 57.4 Å². The van der Waals surface area contributed by atoms with Crippen LogP contribution >= 0.6 is 11.3 Å². The summed E-state index contributed by atoms with van der Waals surface area (Å²) in [4.78, 5) is 4.76. The van der Waals surface area contributed by atoms with Gasteiger partial charge in [-0.15, -0.1) is 11.3 Å². The first kappa shape index (κ1) is 14.0. The first-order valence-corrected chi connectivity index (χ1v) is 8.63. The molecule has 0 radical (unpaired) electrons. The van der Waals surface area contributed by atoms with E-state index >= 15 is 0 Å². The third-order valence-corrected chi connectivity index (χ3v) is 5.79. The van der Waals surface area contributed by atoms with Crippen molar-refractivity contribution in [3.05, 3.63) is 29.3 Å². The van der Waals surface area contributed by atoms with Crippen LogP contribution in [-0.2, 0) is 6.42 Å². The zero-order valence-corrected chi connectivity index (χ0v) is 13.1. The van der Waals surface area contributed by atoms with Crippen LogP contribution in [0.2, 0.25) is 0 Å². The quantitative estimate of drug-likeness (QED) is 0.843. The van der Waals surface area contributed by atoms with Gasteiger partial charge in [-0.1, -0.05) is 38.3 Å². The highest BCUT2D eigenvalue weighted by molar-refractivity contribution is 7.18. The molecule has 1 aliphatic rings. The second-order valence-electron chi connectivity index (χ2n) is 6.32. The Labute approximate surface area is 125 Å². The average Bonchev–Trinajstić information content (AvgIpc) is 2.74. The molecule has 0 spiro atoms. The van der Waals surface area contributed by atoms with Crippen LogP contribution in [-0.4, -0.2) is 10.5 Å². The minimum absolute atomic E-state index is 0.0300. The first-order valence-electron chi connectivity index (χ1n) is 7.82. The zero-order valence-electron chi connectivity index (χ0n) is 12.3. The summed E-state index contributed by atoms with van der Waals surface area (Å²) in [5.74, 6) is 0.885. The molecule has 2 unspecified atom stereocenters. The molecule has 20 heavy (non-hydrogen) atoms. The van der Waals surface area contributed by atoms with E-state index in [1.807, 2.05) is 11.3 Å². The van der Waals surface area contributed by atoms with Crippen molar-refractivity contribution in [1.82, 2.24) is 4.98 Å². The highest BCUT2D eigenvalue weighted by atomic mass is 32.1. The lowest BCUT2D eigenvalue weighted by Crippen LogP contribution is -2.41. The Balaban J connectivity index is 1.75. The second-order valence-corrected chi connectivity index (χ2v) is 7.43. The van der Waals surface area contributed by atoms with Gasteiger partial charge in [-0.3, -0.25) is 0 Å². The highest BCUT2D eigenvalue weighted by Gasteiger charge is 2.30. The van der Waals surface area contributed by atoms with Gasteiger partial charge < -0.3 is 5.73 Å². The van der Waals surface area contributed by atoms with Gasteiger partial charge in [0.25, 0.3) is 0 Å². The molecule has 2 nitrogen and oxygen atoms in total. The van der Waals surface area contributed by atoms with E-state index in [9.17, 15) is 0 Å². The molecule has 2 aromatic rings. The lowest BCUT2D eigenvalue weighted by atomic mass is 9.87. The van der Waals surface area contributed by atoms with Gasteiger partial charge in [-0.25, -0.2) is 4.98 Å². The monoisotopic (exact) mass is 288 g/mol.